The van der Waals surface area contributed by atoms with E-state index in [9.17, 15) is 4.39 Å². The minimum atomic E-state index is -0.171. The van der Waals surface area contributed by atoms with Gasteiger partial charge in [0.15, 0.2) is 0 Å². The smallest absolute Gasteiger partial charge is 0.137 e. The summed E-state index contributed by atoms with van der Waals surface area (Å²) in [5.74, 6) is 0.601. The average Bonchev–Trinajstić information content (AvgIpc) is 2.44. The Bertz CT molecular complexity index is 405. The summed E-state index contributed by atoms with van der Waals surface area (Å²) in [5.41, 5.74) is 1.04. The predicted octanol–water partition coefficient (Wildman–Crippen LogP) is 3.41. The first-order chi connectivity index (χ1) is 9.20. The van der Waals surface area contributed by atoms with Gasteiger partial charge in [0.2, 0.25) is 0 Å². The van der Waals surface area contributed by atoms with E-state index in [1.54, 1.807) is 6.07 Å². The highest BCUT2D eigenvalue weighted by atomic mass is 79.9. The Kier molecular flexibility index (Phi) is 5.79. The molecule has 1 heterocycles. The van der Waals surface area contributed by atoms with Crippen LogP contribution in [0, 0.1) is 11.7 Å². The Balaban J connectivity index is 1.96. The van der Waals surface area contributed by atoms with Crippen molar-refractivity contribution in [1.29, 1.82) is 0 Å². The van der Waals surface area contributed by atoms with Gasteiger partial charge in [-0.3, -0.25) is 4.90 Å². The molecule has 1 N–H and O–H groups in total. The molecule has 1 aliphatic heterocycles. The summed E-state index contributed by atoms with van der Waals surface area (Å²) in [6.45, 7) is 7.37. The van der Waals surface area contributed by atoms with E-state index < -0.39 is 0 Å². The molecular weight excluding hydrogens is 307 g/mol. The van der Waals surface area contributed by atoms with Gasteiger partial charge in [0, 0.05) is 13.1 Å². The molecule has 106 valence electrons. The minimum Gasteiger partial charge on any atom is -0.317 e. The third-order valence-electron chi connectivity index (χ3n) is 3.85. The van der Waals surface area contributed by atoms with Crippen LogP contribution >= 0.6 is 15.9 Å². The van der Waals surface area contributed by atoms with Crippen molar-refractivity contribution in [3.8, 4) is 0 Å². The van der Waals surface area contributed by atoms with Gasteiger partial charge in [-0.2, -0.15) is 0 Å². The molecular formula is C15H22BrFN2. The summed E-state index contributed by atoms with van der Waals surface area (Å²) in [4.78, 5) is 2.41. The highest BCUT2D eigenvalue weighted by Crippen LogP contribution is 2.23. The fraction of sp³-hybridized carbons (Fsp3) is 0.600. The van der Waals surface area contributed by atoms with Gasteiger partial charge in [-0.05, 0) is 66.0 Å². The lowest BCUT2D eigenvalue weighted by molar-refractivity contribution is 0.206. The van der Waals surface area contributed by atoms with Crippen LogP contribution in [0.4, 0.5) is 4.39 Å². The molecule has 2 rings (SSSR count). The number of hydrogen-bond donors (Lipinski definition) is 1. The summed E-state index contributed by atoms with van der Waals surface area (Å²) in [5, 5.41) is 3.40. The average molecular weight is 329 g/mol. The van der Waals surface area contributed by atoms with Crippen molar-refractivity contribution in [2.75, 3.05) is 26.2 Å². The van der Waals surface area contributed by atoms with Crippen LogP contribution < -0.4 is 5.32 Å². The van der Waals surface area contributed by atoms with Gasteiger partial charge < -0.3 is 5.32 Å². The molecule has 0 saturated carbocycles. The highest BCUT2D eigenvalue weighted by Gasteiger charge is 2.17. The van der Waals surface area contributed by atoms with E-state index in [2.05, 4.69) is 33.1 Å². The molecule has 0 spiro atoms. The number of nitrogens with zero attached hydrogens (tertiary/aromatic N) is 1. The number of nitrogens with one attached hydrogen (secondary N) is 1. The molecule has 1 aliphatic rings. The lowest BCUT2D eigenvalue weighted by atomic mass is 9.97. The molecule has 0 radical (unpaired) electrons. The van der Waals surface area contributed by atoms with Crippen LogP contribution in [0.1, 0.15) is 25.3 Å². The normalized spacial score (nSPS) is 17.1. The van der Waals surface area contributed by atoms with Crippen molar-refractivity contribution in [2.24, 2.45) is 5.92 Å². The van der Waals surface area contributed by atoms with Crippen LogP contribution in [0.25, 0.3) is 0 Å². The first kappa shape index (κ1) is 14.9. The molecule has 1 saturated heterocycles. The predicted molar refractivity (Wildman–Crippen MR) is 80.6 cm³/mol. The van der Waals surface area contributed by atoms with Gasteiger partial charge in [0.25, 0.3) is 0 Å². The summed E-state index contributed by atoms with van der Waals surface area (Å²) < 4.78 is 14.1. The summed E-state index contributed by atoms with van der Waals surface area (Å²) in [7, 11) is 0. The van der Waals surface area contributed by atoms with Gasteiger partial charge in [-0.25, -0.2) is 4.39 Å². The molecule has 1 aromatic rings. The van der Waals surface area contributed by atoms with Crippen molar-refractivity contribution in [2.45, 2.75) is 26.3 Å². The van der Waals surface area contributed by atoms with Gasteiger partial charge in [0.1, 0.15) is 5.82 Å². The standard InChI is InChI=1S/C15H22BrFN2/c1-2-19(10-12-6-8-18-9-7-12)11-13-4-3-5-14(17)15(13)16/h3-5,12,18H,2,6-11H2,1H3. The van der Waals surface area contributed by atoms with Crippen LogP contribution in [-0.2, 0) is 6.54 Å². The van der Waals surface area contributed by atoms with E-state index >= 15 is 0 Å². The Morgan fingerprint density at radius 1 is 1.37 bits per heavy atom. The Hall–Kier alpha value is -0.450. The molecule has 2 nitrogen and oxygen atoms in total. The number of hydrogen-bond acceptors (Lipinski definition) is 2. The van der Waals surface area contributed by atoms with Crippen LogP contribution in [-0.4, -0.2) is 31.1 Å². The molecule has 1 aromatic carbocycles. The van der Waals surface area contributed by atoms with Gasteiger partial charge in [-0.1, -0.05) is 19.1 Å². The van der Waals surface area contributed by atoms with Gasteiger partial charge in [0.05, 0.1) is 4.47 Å². The van der Waals surface area contributed by atoms with Crippen LogP contribution in [0.15, 0.2) is 22.7 Å². The third-order valence-corrected chi connectivity index (χ3v) is 4.74. The molecule has 4 heteroatoms. The minimum absolute atomic E-state index is 0.171. The third kappa shape index (κ3) is 4.26. The van der Waals surface area contributed by atoms with E-state index in [0.717, 1.165) is 44.2 Å². The first-order valence-corrected chi connectivity index (χ1v) is 7.86. The van der Waals surface area contributed by atoms with Gasteiger partial charge >= 0.3 is 0 Å². The second-order valence-electron chi connectivity index (χ2n) is 5.23. The molecule has 0 bridgehead atoms. The van der Waals surface area contributed by atoms with Crippen molar-refractivity contribution in [1.82, 2.24) is 10.2 Å². The summed E-state index contributed by atoms with van der Waals surface area (Å²) in [6.07, 6.45) is 2.50. The van der Waals surface area contributed by atoms with Crippen molar-refractivity contribution in [3.05, 3.63) is 34.1 Å². The van der Waals surface area contributed by atoms with E-state index in [-0.39, 0.29) is 5.82 Å². The zero-order valence-electron chi connectivity index (χ0n) is 11.5. The van der Waals surface area contributed by atoms with Crippen molar-refractivity contribution >= 4 is 15.9 Å². The zero-order valence-corrected chi connectivity index (χ0v) is 13.0. The number of piperidine rings is 1. The number of rotatable bonds is 5. The fourth-order valence-electron chi connectivity index (χ4n) is 2.65. The molecule has 19 heavy (non-hydrogen) atoms. The Morgan fingerprint density at radius 3 is 2.79 bits per heavy atom. The maximum absolute atomic E-state index is 13.5. The lowest BCUT2D eigenvalue weighted by Crippen LogP contribution is -2.36. The highest BCUT2D eigenvalue weighted by molar-refractivity contribution is 9.10. The second-order valence-corrected chi connectivity index (χ2v) is 6.03. The van der Waals surface area contributed by atoms with Crippen LogP contribution in [0.5, 0.6) is 0 Å². The summed E-state index contributed by atoms with van der Waals surface area (Å²) in [6, 6.07) is 5.28. The largest absolute Gasteiger partial charge is 0.317 e. The molecule has 0 aliphatic carbocycles. The maximum Gasteiger partial charge on any atom is 0.137 e. The van der Waals surface area contributed by atoms with Crippen LogP contribution in [0.2, 0.25) is 0 Å². The van der Waals surface area contributed by atoms with Crippen LogP contribution in [0.3, 0.4) is 0 Å². The fourth-order valence-corrected chi connectivity index (χ4v) is 3.04. The van der Waals surface area contributed by atoms with E-state index in [4.69, 9.17) is 0 Å². The van der Waals surface area contributed by atoms with E-state index in [1.165, 1.54) is 18.9 Å². The molecule has 0 unspecified atom stereocenters. The quantitative estimate of drug-likeness (QED) is 0.891. The SMILES string of the molecule is CCN(Cc1cccc(F)c1Br)CC1CCNCC1. The monoisotopic (exact) mass is 328 g/mol. The number of halogens is 2. The van der Waals surface area contributed by atoms with Crippen molar-refractivity contribution in [3.63, 3.8) is 0 Å². The Morgan fingerprint density at radius 2 is 2.11 bits per heavy atom. The summed E-state index contributed by atoms with van der Waals surface area (Å²) >= 11 is 3.35. The number of benzene rings is 1. The molecule has 0 atom stereocenters. The lowest BCUT2D eigenvalue weighted by Gasteiger charge is -2.29. The van der Waals surface area contributed by atoms with Gasteiger partial charge in [-0.15, -0.1) is 0 Å². The first-order valence-electron chi connectivity index (χ1n) is 7.06. The second kappa shape index (κ2) is 7.36. The molecule has 1 fully saturated rings. The maximum atomic E-state index is 13.5. The van der Waals surface area contributed by atoms with E-state index in [1.807, 2.05) is 6.07 Å². The Labute approximate surface area is 123 Å². The van der Waals surface area contributed by atoms with E-state index in [0.29, 0.717) is 4.47 Å². The topological polar surface area (TPSA) is 15.3 Å². The van der Waals surface area contributed by atoms with Crippen molar-refractivity contribution < 1.29 is 4.39 Å². The molecule has 0 amide bonds. The molecule has 0 aromatic heterocycles. The zero-order chi connectivity index (χ0) is 13.7.